The molecule has 1 heterocycles. The van der Waals surface area contributed by atoms with Gasteiger partial charge in [0.15, 0.2) is 0 Å². The maximum absolute atomic E-state index is 10.9. The lowest BCUT2D eigenvalue weighted by Crippen LogP contribution is -2.27. The molecular weight excluding hydrogens is 164 g/mol. The number of nitrogens with two attached hydrogens (primary N) is 1. The van der Waals surface area contributed by atoms with E-state index in [0.29, 0.717) is 11.5 Å². The summed E-state index contributed by atoms with van der Waals surface area (Å²) >= 11 is 0. The third kappa shape index (κ3) is 3.35. The Morgan fingerprint density at radius 3 is 2.54 bits per heavy atom. The number of hydrogen-bond acceptors (Lipinski definition) is 2. The second-order valence-corrected chi connectivity index (χ2v) is 5.20. The number of nitrogens with one attached hydrogen (secondary N) is 1. The monoisotopic (exact) mass is 184 g/mol. The van der Waals surface area contributed by atoms with E-state index in [4.69, 9.17) is 5.73 Å². The molecule has 3 heteroatoms. The molecule has 13 heavy (non-hydrogen) atoms. The van der Waals surface area contributed by atoms with E-state index in [1.165, 1.54) is 0 Å². The van der Waals surface area contributed by atoms with Crippen LogP contribution in [-0.2, 0) is 4.79 Å². The summed E-state index contributed by atoms with van der Waals surface area (Å²) < 4.78 is 0. The van der Waals surface area contributed by atoms with Crippen molar-refractivity contribution in [3.8, 4) is 0 Å². The van der Waals surface area contributed by atoms with Crippen LogP contribution in [0, 0.1) is 11.3 Å². The lowest BCUT2D eigenvalue weighted by molar-refractivity contribution is -0.121. The molecule has 0 spiro atoms. The largest absolute Gasteiger partial charge is 0.369 e. The van der Waals surface area contributed by atoms with Crippen LogP contribution < -0.4 is 11.1 Å². The molecular formula is C10H20N2O. The van der Waals surface area contributed by atoms with Gasteiger partial charge in [0.2, 0.25) is 5.91 Å². The summed E-state index contributed by atoms with van der Waals surface area (Å²) in [7, 11) is 0. The van der Waals surface area contributed by atoms with Crippen LogP contribution in [0.15, 0.2) is 0 Å². The molecule has 0 aromatic rings. The summed E-state index contributed by atoms with van der Waals surface area (Å²) in [6.45, 7) is 7.40. The highest BCUT2D eigenvalue weighted by Crippen LogP contribution is 2.26. The Hall–Kier alpha value is -0.570. The number of primary amides is 1. The molecule has 0 radical (unpaired) electrons. The van der Waals surface area contributed by atoms with Crippen LogP contribution >= 0.6 is 0 Å². The Morgan fingerprint density at radius 2 is 2.15 bits per heavy atom. The predicted octanol–water partition coefficient (Wildman–Crippen LogP) is 0.886. The van der Waals surface area contributed by atoms with Crippen molar-refractivity contribution in [3.63, 3.8) is 0 Å². The molecule has 0 saturated carbocycles. The molecule has 1 saturated heterocycles. The van der Waals surface area contributed by atoms with Gasteiger partial charge in [-0.1, -0.05) is 20.8 Å². The molecule has 0 aliphatic carbocycles. The number of hydrogen-bond donors (Lipinski definition) is 2. The first-order chi connectivity index (χ1) is 5.88. The first-order valence-electron chi connectivity index (χ1n) is 4.91. The van der Waals surface area contributed by atoms with Crippen molar-refractivity contribution < 1.29 is 4.79 Å². The summed E-state index contributed by atoms with van der Waals surface area (Å²) in [5.74, 6) is -0.115. The number of carbonyl (C=O) groups is 1. The molecule has 0 bridgehead atoms. The third-order valence-corrected chi connectivity index (χ3v) is 2.48. The maximum Gasteiger partial charge on any atom is 0.221 e. The van der Waals surface area contributed by atoms with Gasteiger partial charge in [-0.3, -0.25) is 4.79 Å². The minimum Gasteiger partial charge on any atom is -0.369 e. The minimum absolute atomic E-state index is 0.0485. The van der Waals surface area contributed by atoms with Gasteiger partial charge in [0, 0.05) is 12.6 Å². The average Bonchev–Trinajstić information content (AvgIpc) is 2.31. The van der Waals surface area contributed by atoms with Crippen LogP contribution in [0.25, 0.3) is 0 Å². The first-order valence-corrected chi connectivity index (χ1v) is 4.91. The van der Waals surface area contributed by atoms with Crippen LogP contribution in [0.4, 0.5) is 0 Å². The number of amides is 1. The van der Waals surface area contributed by atoms with Gasteiger partial charge < -0.3 is 11.1 Å². The van der Waals surface area contributed by atoms with E-state index < -0.39 is 0 Å². The minimum atomic E-state index is -0.163. The standard InChI is InChI=1S/C10H20N2O/c1-10(2,3)5-8-4-7(6-12-8)9(11)13/h7-8,12H,4-6H2,1-3H3,(H2,11,13). The molecule has 1 aliphatic rings. The van der Waals surface area contributed by atoms with E-state index >= 15 is 0 Å². The second kappa shape index (κ2) is 3.66. The molecule has 76 valence electrons. The average molecular weight is 184 g/mol. The van der Waals surface area contributed by atoms with E-state index in [9.17, 15) is 4.79 Å². The molecule has 1 fully saturated rings. The molecule has 3 nitrogen and oxygen atoms in total. The highest BCUT2D eigenvalue weighted by Gasteiger charge is 2.30. The molecule has 3 N–H and O–H groups in total. The van der Waals surface area contributed by atoms with Gasteiger partial charge in [-0.2, -0.15) is 0 Å². The van der Waals surface area contributed by atoms with Crippen LogP contribution in [0.3, 0.4) is 0 Å². The lowest BCUT2D eigenvalue weighted by Gasteiger charge is -2.22. The van der Waals surface area contributed by atoms with Crippen molar-refractivity contribution in [2.45, 2.75) is 39.7 Å². The predicted molar refractivity (Wildman–Crippen MR) is 53.2 cm³/mol. The highest BCUT2D eigenvalue weighted by atomic mass is 16.1. The summed E-state index contributed by atoms with van der Waals surface area (Å²) in [5.41, 5.74) is 5.57. The third-order valence-electron chi connectivity index (χ3n) is 2.48. The van der Waals surface area contributed by atoms with Gasteiger partial charge in [0.05, 0.1) is 5.92 Å². The Balaban J connectivity index is 2.38. The molecule has 0 aromatic heterocycles. The lowest BCUT2D eigenvalue weighted by atomic mass is 9.86. The second-order valence-electron chi connectivity index (χ2n) is 5.20. The van der Waals surface area contributed by atoms with E-state index in [0.717, 1.165) is 19.4 Å². The number of carbonyl (C=O) groups excluding carboxylic acids is 1. The van der Waals surface area contributed by atoms with Crippen LogP contribution in [0.1, 0.15) is 33.6 Å². The fourth-order valence-electron chi connectivity index (χ4n) is 1.93. The quantitative estimate of drug-likeness (QED) is 0.669. The summed E-state index contributed by atoms with van der Waals surface area (Å²) in [6, 6.07) is 0.470. The normalized spacial score (nSPS) is 29.2. The van der Waals surface area contributed by atoms with Crippen molar-refractivity contribution in [1.82, 2.24) is 5.32 Å². The molecule has 0 aromatic carbocycles. The molecule has 1 amide bonds. The van der Waals surface area contributed by atoms with E-state index in [-0.39, 0.29) is 11.8 Å². The Morgan fingerprint density at radius 1 is 1.54 bits per heavy atom. The first kappa shape index (κ1) is 10.5. The van der Waals surface area contributed by atoms with Crippen molar-refractivity contribution in [2.24, 2.45) is 17.1 Å². The molecule has 2 unspecified atom stereocenters. The molecule has 2 atom stereocenters. The van der Waals surface area contributed by atoms with Gasteiger partial charge >= 0.3 is 0 Å². The fraction of sp³-hybridized carbons (Fsp3) is 0.900. The summed E-state index contributed by atoms with van der Waals surface area (Å²) in [5, 5.41) is 3.34. The Bertz CT molecular complexity index is 196. The van der Waals surface area contributed by atoms with E-state index in [1.807, 2.05) is 0 Å². The van der Waals surface area contributed by atoms with Gasteiger partial charge in [-0.25, -0.2) is 0 Å². The Kier molecular flexibility index (Phi) is 2.96. The van der Waals surface area contributed by atoms with Crippen LogP contribution in [0.2, 0.25) is 0 Å². The zero-order valence-corrected chi connectivity index (χ0v) is 8.76. The van der Waals surface area contributed by atoms with Gasteiger partial charge in [0.25, 0.3) is 0 Å². The topological polar surface area (TPSA) is 55.1 Å². The molecule has 1 rings (SSSR count). The van der Waals surface area contributed by atoms with Gasteiger partial charge in [-0.05, 0) is 18.3 Å². The van der Waals surface area contributed by atoms with E-state index in [1.54, 1.807) is 0 Å². The van der Waals surface area contributed by atoms with Crippen molar-refractivity contribution in [2.75, 3.05) is 6.54 Å². The van der Waals surface area contributed by atoms with Crippen LogP contribution in [0.5, 0.6) is 0 Å². The Labute approximate surface area is 80.1 Å². The SMILES string of the molecule is CC(C)(C)CC1CC(C(N)=O)CN1. The summed E-state index contributed by atoms with van der Waals surface area (Å²) in [4.78, 5) is 10.9. The number of rotatable bonds is 2. The van der Waals surface area contributed by atoms with E-state index in [2.05, 4.69) is 26.1 Å². The van der Waals surface area contributed by atoms with Gasteiger partial charge in [0.1, 0.15) is 0 Å². The highest BCUT2D eigenvalue weighted by molar-refractivity contribution is 5.77. The zero-order chi connectivity index (χ0) is 10.1. The maximum atomic E-state index is 10.9. The zero-order valence-electron chi connectivity index (χ0n) is 8.76. The smallest absolute Gasteiger partial charge is 0.221 e. The van der Waals surface area contributed by atoms with Crippen molar-refractivity contribution >= 4 is 5.91 Å². The van der Waals surface area contributed by atoms with Crippen LogP contribution in [-0.4, -0.2) is 18.5 Å². The summed E-state index contributed by atoms with van der Waals surface area (Å²) in [6.07, 6.45) is 2.02. The fourth-order valence-corrected chi connectivity index (χ4v) is 1.93. The van der Waals surface area contributed by atoms with Crippen molar-refractivity contribution in [3.05, 3.63) is 0 Å². The molecule has 1 aliphatic heterocycles. The van der Waals surface area contributed by atoms with Crippen molar-refractivity contribution in [1.29, 1.82) is 0 Å². The van der Waals surface area contributed by atoms with Gasteiger partial charge in [-0.15, -0.1) is 0 Å².